The number of hydrogen-bond donors (Lipinski definition) is 9. The van der Waals surface area contributed by atoms with Gasteiger partial charge in [0, 0.05) is 137 Å². The lowest BCUT2D eigenvalue weighted by atomic mass is 10.0. The highest BCUT2D eigenvalue weighted by Gasteiger charge is 2.27. The maximum Gasteiger partial charge on any atom is 0.244 e. The van der Waals surface area contributed by atoms with Gasteiger partial charge in [0.15, 0.2) is 29.5 Å². The number of nitrogens with one attached hydrogen (secondary N) is 4. The van der Waals surface area contributed by atoms with Crippen molar-refractivity contribution in [2.75, 3.05) is 83.8 Å². The zero-order valence-electron chi connectivity index (χ0n) is 69.4. The van der Waals surface area contributed by atoms with Crippen LogP contribution in [0.25, 0.3) is 93.7 Å². The number of aromatic nitrogens is 15. The molecule has 0 unspecified atom stereocenters. The second-order valence-electron chi connectivity index (χ2n) is 30.9. The summed E-state index contributed by atoms with van der Waals surface area (Å²) in [5.41, 5.74) is 48.8. The van der Waals surface area contributed by atoms with E-state index < -0.39 is 12.1 Å². The number of rotatable bonds is 12. The number of nitrogens with two attached hydrogens (primary N) is 5. The Morgan fingerprint density at radius 2 is 0.824 bits per heavy atom. The first-order valence-corrected chi connectivity index (χ1v) is 40.3. The first-order chi connectivity index (χ1) is 60.5. The van der Waals surface area contributed by atoms with Crippen molar-refractivity contribution in [2.45, 2.75) is 79.3 Å². The number of benzene rings is 4. The topological polar surface area (TPSA) is 454 Å². The normalized spacial score (nSPS) is 14.6. The van der Waals surface area contributed by atoms with E-state index in [1.165, 1.54) is 0 Å². The molecule has 622 valence electrons. The third kappa shape index (κ3) is 17.2. The molecule has 4 aromatic carbocycles. The molecule has 32 nitrogen and oxygen atoms in total. The monoisotopic (exact) mass is 1660 g/mol. The number of nitrogens with zero attached hydrogens (tertiary/aromatic N) is 19. The average molecular weight is 1660 g/mol. The molecule has 0 saturated carbocycles. The summed E-state index contributed by atoms with van der Waals surface area (Å²) in [6.07, 6.45) is 9.69. The number of nitriles is 2. The summed E-state index contributed by atoms with van der Waals surface area (Å²) in [5.74, 6) is 6.85. The third-order valence-electron chi connectivity index (χ3n) is 22.3. The molecule has 0 spiro atoms. The second-order valence-corrected chi connectivity index (χ2v) is 30.9. The molecular weight excluding hydrogens is 1570 g/mol. The number of likely N-dealkylation sites (N-methyl/N-ethyl adjacent to an activating group) is 2. The quantitative estimate of drug-likeness (QED) is 0.0513. The maximum absolute atomic E-state index is 12.3. The molecule has 0 radical (unpaired) electrons. The van der Waals surface area contributed by atoms with E-state index in [9.17, 15) is 20.1 Å². The molecule has 0 saturated heterocycles. The van der Waals surface area contributed by atoms with Crippen LogP contribution in [0.3, 0.4) is 0 Å². The predicted octanol–water partition coefficient (Wildman–Crippen LogP) is 14.9. The van der Waals surface area contributed by atoms with Crippen LogP contribution in [0.5, 0.6) is 0 Å². The number of allylic oxidation sites excluding steroid dienone is 1. The fourth-order valence-electron chi connectivity index (χ4n) is 15.5. The predicted molar refractivity (Wildman–Crippen MR) is 485 cm³/mol. The van der Waals surface area contributed by atoms with E-state index in [2.05, 4.69) is 128 Å². The summed E-state index contributed by atoms with van der Waals surface area (Å²) in [7, 11) is 3.58. The number of hydrogen-bond acceptors (Lipinski definition) is 27. The molecule has 16 heterocycles. The average Bonchev–Trinajstić information content (AvgIpc) is 1.00. The Bertz CT molecular complexity index is 6880. The van der Waals surface area contributed by atoms with Gasteiger partial charge in [0.2, 0.25) is 11.8 Å². The molecule has 0 bridgehead atoms. The van der Waals surface area contributed by atoms with E-state index in [-0.39, 0.29) is 24.8 Å². The van der Waals surface area contributed by atoms with Crippen molar-refractivity contribution >= 4 is 136 Å². The number of fused-ring (bicyclic) bond motifs is 8. The molecule has 4 aliphatic heterocycles. The summed E-state index contributed by atoms with van der Waals surface area (Å²) in [4.78, 5) is 68.7. The molecular formula is C93H86N28O4. The highest BCUT2D eigenvalue weighted by Crippen LogP contribution is 2.38. The van der Waals surface area contributed by atoms with Gasteiger partial charge in [0.1, 0.15) is 58.9 Å². The molecule has 2 atom stereocenters. The maximum atomic E-state index is 12.3. The van der Waals surface area contributed by atoms with Gasteiger partial charge in [-0.3, -0.25) is 14.3 Å². The Morgan fingerprint density at radius 3 is 1.26 bits per heavy atom. The van der Waals surface area contributed by atoms with Crippen LogP contribution in [0.2, 0.25) is 0 Å². The van der Waals surface area contributed by atoms with Crippen molar-refractivity contribution in [3.63, 3.8) is 0 Å². The molecule has 14 N–H and O–H groups in total. The van der Waals surface area contributed by atoms with Crippen LogP contribution < -0.4 is 49.9 Å². The number of aryl methyl sites for hydroxylation is 3. The van der Waals surface area contributed by atoms with Gasteiger partial charge in [-0.2, -0.15) is 25.8 Å². The van der Waals surface area contributed by atoms with Crippen molar-refractivity contribution in [1.82, 2.24) is 84.0 Å². The molecule has 4 aliphatic rings. The van der Waals surface area contributed by atoms with Gasteiger partial charge in [-0.1, -0.05) is 84.9 Å². The molecule has 20 rings (SSSR count). The fourth-order valence-corrected chi connectivity index (χ4v) is 15.5. The third-order valence-corrected chi connectivity index (χ3v) is 22.3. The minimum absolute atomic E-state index is 0.00768. The van der Waals surface area contributed by atoms with Crippen LogP contribution >= 0.6 is 0 Å². The Labute approximate surface area is 717 Å². The van der Waals surface area contributed by atoms with Gasteiger partial charge in [-0.05, 0) is 151 Å². The molecule has 125 heavy (non-hydrogen) atoms. The first kappa shape index (κ1) is 81.1. The standard InChI is InChI=1S/C26H24N6O.C23H24N8O.2C22H19N7O/c1-15-6-4-5-7-18(15)21-10-17-11-24(28-13-20(17)26(27)30-21)31-23-9-8-19-16(2)14-32(3)25(33)12-22(19)29-23;1-13-16(4-3-5-18(13)24)19-8-14-9-20(26-11-17(14)23(25)27-19)28-21-10-15-6-7-30(2)22(32)12-31(15)29-21;2*1-13-4-2-3-5-17(13)19-6-14-7-20(25-10-18(14)22(24)26-19)27-21-8-15-11-30-12-16(9-23)29(15)28-21/h4-11,13-14H,12H2,1-3H3,(H2,27,30)(H,28,29,31);3-5,8-11H,6-7,12,24H2,1-2H3,(H2,25,27)(H,26,28,29);2*2-8,10,16H,11-12H2,1H3,(H2,24,26)(H,25,27,28)/t;;2*16-/m..10/s1. The smallest absolute Gasteiger partial charge is 0.244 e. The number of nitrogen functional groups attached to an aromatic ring is 5. The molecule has 0 fully saturated rings. The van der Waals surface area contributed by atoms with E-state index in [0.29, 0.717) is 108 Å². The molecule has 2 amide bonds. The van der Waals surface area contributed by atoms with Crippen molar-refractivity contribution < 1.29 is 19.1 Å². The van der Waals surface area contributed by atoms with Gasteiger partial charge in [-0.15, -0.1) is 0 Å². The van der Waals surface area contributed by atoms with Crippen LogP contribution in [0.4, 0.5) is 75.5 Å². The van der Waals surface area contributed by atoms with Gasteiger partial charge in [-0.25, -0.2) is 54.2 Å². The minimum Gasteiger partial charge on any atom is -0.398 e. The van der Waals surface area contributed by atoms with Gasteiger partial charge >= 0.3 is 0 Å². The van der Waals surface area contributed by atoms with Crippen LogP contribution in [0, 0.1) is 50.4 Å². The fraction of sp³-hybridized carbons (Fsp3) is 0.183. The van der Waals surface area contributed by atoms with Gasteiger partial charge in [0.05, 0.1) is 84.8 Å². The number of carbonyl (C=O) groups is 2. The summed E-state index contributed by atoms with van der Waals surface area (Å²) in [6.45, 7) is 12.6. The van der Waals surface area contributed by atoms with Crippen molar-refractivity contribution in [2.24, 2.45) is 0 Å². The lowest BCUT2D eigenvalue weighted by Crippen LogP contribution is -2.29. The lowest BCUT2D eigenvalue weighted by molar-refractivity contribution is -0.130. The van der Waals surface area contributed by atoms with Crippen LogP contribution in [0.1, 0.15) is 69.6 Å². The van der Waals surface area contributed by atoms with E-state index >= 15 is 0 Å². The first-order valence-electron chi connectivity index (χ1n) is 40.3. The Morgan fingerprint density at radius 1 is 0.424 bits per heavy atom. The Kier molecular flexibility index (Phi) is 22.3. The molecule has 0 aliphatic carbocycles. The summed E-state index contributed by atoms with van der Waals surface area (Å²) in [6, 6.07) is 58.9. The van der Waals surface area contributed by atoms with E-state index in [0.717, 1.165) is 151 Å². The highest BCUT2D eigenvalue weighted by molar-refractivity contribution is 5.99. The zero-order valence-corrected chi connectivity index (χ0v) is 69.4. The summed E-state index contributed by atoms with van der Waals surface area (Å²) >= 11 is 0. The van der Waals surface area contributed by atoms with Crippen molar-refractivity contribution in [1.29, 1.82) is 10.5 Å². The number of ether oxygens (including phenoxy) is 2. The van der Waals surface area contributed by atoms with E-state index in [1.54, 1.807) is 55.7 Å². The van der Waals surface area contributed by atoms with Crippen molar-refractivity contribution in [3.8, 4) is 57.2 Å². The molecule has 12 aromatic heterocycles. The molecule has 32 heteroatoms. The summed E-state index contributed by atoms with van der Waals surface area (Å²) < 4.78 is 16.0. The number of anilines is 13. The molecule has 16 aromatic rings. The van der Waals surface area contributed by atoms with Gasteiger partial charge in [0.25, 0.3) is 0 Å². The van der Waals surface area contributed by atoms with Crippen LogP contribution in [-0.2, 0) is 51.7 Å². The second kappa shape index (κ2) is 34.4. The minimum atomic E-state index is -0.420. The SMILES string of the molecule is CC1=CN(C)C(=O)Cc2nc(Nc3cc4cc(-c5ccccc5C)nc(N)c4cn3)ccc21.Cc1c(N)cccc1-c1cc2cc(Nc3cc4n(n3)CC(=O)N(C)CC4)ncc2c(N)n1.Cc1ccccc1-c1cc2cc(Nc3cc4n(n3)[C@@H](C#N)COC4)ncc2c(N)n1.Cc1ccccc1-c1cc2cc(Nc3cc4n(n3)[C@H](C#N)COC4)ncc2c(N)n1. The van der Waals surface area contributed by atoms with Crippen LogP contribution in [0.15, 0.2) is 201 Å². The van der Waals surface area contributed by atoms with Gasteiger partial charge < -0.3 is 69.2 Å². The largest absolute Gasteiger partial charge is 0.398 e. The van der Waals surface area contributed by atoms with Crippen molar-refractivity contribution in [3.05, 3.63) is 251 Å². The zero-order chi connectivity index (χ0) is 86.8. The number of amides is 2. The Hall–Kier alpha value is -16.3. The number of pyridine rings is 9. The lowest BCUT2D eigenvalue weighted by Gasteiger charge is -2.18. The van der Waals surface area contributed by atoms with E-state index in [1.807, 2.05) is 179 Å². The van der Waals surface area contributed by atoms with Crippen LogP contribution in [-0.4, -0.2) is 130 Å². The van der Waals surface area contributed by atoms with E-state index in [4.69, 9.17) is 43.1 Å². The summed E-state index contributed by atoms with van der Waals surface area (Å²) in [5, 5.41) is 51.9. The highest BCUT2D eigenvalue weighted by atomic mass is 16.5. The Balaban J connectivity index is 0.000000118. The number of carbonyl (C=O) groups excluding carboxylic acids is 2.